The quantitative estimate of drug-likeness (QED) is 0.754. The van der Waals surface area contributed by atoms with Crippen molar-refractivity contribution in [3.8, 4) is 0 Å². The maximum atomic E-state index is 4.13. The molecular formula is C20H35N. The van der Waals surface area contributed by atoms with Crippen molar-refractivity contribution in [2.45, 2.75) is 90.6 Å². The van der Waals surface area contributed by atoms with E-state index in [0.717, 1.165) is 41.7 Å². The van der Waals surface area contributed by atoms with Crippen LogP contribution >= 0.6 is 0 Å². The third-order valence-electron chi connectivity index (χ3n) is 7.83. The first-order valence-electron chi connectivity index (χ1n) is 9.78. The fourth-order valence-electron chi connectivity index (χ4n) is 6.69. The van der Waals surface area contributed by atoms with Crippen LogP contribution in [-0.2, 0) is 0 Å². The molecule has 0 amide bonds. The van der Waals surface area contributed by atoms with Gasteiger partial charge in [-0.1, -0.05) is 27.2 Å². The molecule has 1 nitrogen and oxygen atoms in total. The Bertz CT molecular complexity index is 374. The summed E-state index contributed by atoms with van der Waals surface area (Å²) in [6.07, 6.45) is 13.5. The van der Waals surface area contributed by atoms with Gasteiger partial charge in [-0.15, -0.1) is 0 Å². The van der Waals surface area contributed by atoms with Crippen LogP contribution in [0.15, 0.2) is 0 Å². The highest BCUT2D eigenvalue weighted by Gasteiger charge is 2.53. The molecule has 0 aromatic heterocycles. The Morgan fingerprint density at radius 3 is 2.19 bits per heavy atom. The van der Waals surface area contributed by atoms with E-state index in [1.165, 1.54) is 38.5 Å². The van der Waals surface area contributed by atoms with Gasteiger partial charge in [0.05, 0.1) is 0 Å². The lowest BCUT2D eigenvalue weighted by molar-refractivity contribution is 0.139. The zero-order valence-electron chi connectivity index (χ0n) is 14.4. The maximum absolute atomic E-state index is 4.13. The number of hydrogen-bond acceptors (Lipinski definition) is 1. The van der Waals surface area contributed by atoms with Crippen LogP contribution < -0.4 is 5.32 Å². The summed E-state index contributed by atoms with van der Waals surface area (Å²) >= 11 is 0. The first-order valence-corrected chi connectivity index (χ1v) is 9.78. The van der Waals surface area contributed by atoms with Crippen molar-refractivity contribution < 1.29 is 0 Å². The molecule has 5 unspecified atom stereocenters. The molecule has 0 spiro atoms. The van der Waals surface area contributed by atoms with Crippen molar-refractivity contribution in [3.63, 3.8) is 0 Å². The summed E-state index contributed by atoms with van der Waals surface area (Å²) in [4.78, 5) is 0. The second-order valence-electron chi connectivity index (χ2n) is 9.84. The Kier molecular flexibility index (Phi) is 3.64. The molecule has 1 N–H and O–H groups in total. The lowest BCUT2D eigenvalue weighted by Crippen LogP contribution is -2.46. The van der Waals surface area contributed by atoms with Gasteiger partial charge in [-0.25, -0.2) is 0 Å². The summed E-state index contributed by atoms with van der Waals surface area (Å²) in [7, 11) is 0. The number of rotatable bonds is 2. The summed E-state index contributed by atoms with van der Waals surface area (Å²) in [5.74, 6) is 5.38. The van der Waals surface area contributed by atoms with Crippen molar-refractivity contribution in [2.24, 2.45) is 35.0 Å². The molecular weight excluding hydrogens is 254 g/mol. The zero-order valence-corrected chi connectivity index (χ0v) is 14.4. The highest BCUT2D eigenvalue weighted by molar-refractivity contribution is 5.06. The zero-order chi connectivity index (χ0) is 14.6. The lowest BCUT2D eigenvalue weighted by Gasteiger charge is -2.40. The summed E-state index contributed by atoms with van der Waals surface area (Å²) in [6, 6.07) is 1.73. The van der Waals surface area contributed by atoms with Crippen LogP contribution in [0.2, 0.25) is 0 Å². The third-order valence-corrected chi connectivity index (χ3v) is 7.83. The summed E-state index contributed by atoms with van der Waals surface area (Å²) in [5, 5.41) is 4.13. The van der Waals surface area contributed by atoms with E-state index in [1.54, 1.807) is 19.3 Å². The Hall–Kier alpha value is -0.0400. The van der Waals surface area contributed by atoms with Gasteiger partial charge < -0.3 is 5.32 Å². The molecule has 4 saturated carbocycles. The van der Waals surface area contributed by atoms with Crippen LogP contribution in [0.3, 0.4) is 0 Å². The van der Waals surface area contributed by atoms with Crippen LogP contribution in [0, 0.1) is 35.0 Å². The molecule has 4 fully saturated rings. The minimum atomic E-state index is 0.522. The molecule has 4 aliphatic carbocycles. The lowest BCUT2D eigenvalue weighted by atomic mass is 9.71. The molecule has 21 heavy (non-hydrogen) atoms. The van der Waals surface area contributed by atoms with Gasteiger partial charge in [-0.2, -0.15) is 0 Å². The molecule has 4 aliphatic rings. The van der Waals surface area contributed by atoms with Crippen molar-refractivity contribution in [2.75, 3.05) is 0 Å². The van der Waals surface area contributed by atoms with E-state index in [-0.39, 0.29) is 0 Å². The fraction of sp³-hybridized carbons (Fsp3) is 1.00. The normalized spacial score (nSPS) is 49.6. The van der Waals surface area contributed by atoms with Gasteiger partial charge in [-0.05, 0) is 86.4 Å². The summed E-state index contributed by atoms with van der Waals surface area (Å²) in [5.41, 5.74) is 0.522. The third kappa shape index (κ3) is 2.58. The van der Waals surface area contributed by atoms with Gasteiger partial charge in [0.2, 0.25) is 0 Å². The number of nitrogens with one attached hydrogen (secondary N) is 1. The molecule has 0 aromatic carbocycles. The van der Waals surface area contributed by atoms with Crippen LogP contribution in [-0.4, -0.2) is 12.1 Å². The van der Waals surface area contributed by atoms with E-state index < -0.39 is 0 Å². The molecule has 0 aromatic rings. The van der Waals surface area contributed by atoms with E-state index >= 15 is 0 Å². The largest absolute Gasteiger partial charge is 0.311 e. The minimum Gasteiger partial charge on any atom is -0.311 e. The van der Waals surface area contributed by atoms with E-state index in [0.29, 0.717) is 5.41 Å². The second kappa shape index (κ2) is 5.25. The fourth-order valence-corrected chi connectivity index (χ4v) is 6.69. The molecule has 120 valence electrons. The predicted molar refractivity (Wildman–Crippen MR) is 89.2 cm³/mol. The molecule has 0 aliphatic heterocycles. The molecule has 5 atom stereocenters. The molecule has 2 bridgehead atoms. The molecule has 1 heteroatoms. The van der Waals surface area contributed by atoms with Crippen LogP contribution in [0.4, 0.5) is 0 Å². The Labute approximate surface area is 131 Å². The van der Waals surface area contributed by atoms with Gasteiger partial charge in [0.1, 0.15) is 0 Å². The van der Waals surface area contributed by atoms with E-state index in [9.17, 15) is 0 Å². The van der Waals surface area contributed by atoms with Crippen LogP contribution in [0.25, 0.3) is 0 Å². The van der Waals surface area contributed by atoms with Crippen molar-refractivity contribution in [1.29, 1.82) is 0 Å². The minimum absolute atomic E-state index is 0.522. The standard InChI is InChI=1S/C20H35N/c1-20(2,3)14-7-9-15(10-8-14)21-19-12-13-11-18(19)17-6-4-5-16(13)17/h13-19,21H,4-12H2,1-3H3. The number of hydrogen-bond donors (Lipinski definition) is 1. The van der Waals surface area contributed by atoms with Gasteiger partial charge in [-0.3, -0.25) is 0 Å². The highest BCUT2D eigenvalue weighted by atomic mass is 15.0. The Morgan fingerprint density at radius 2 is 1.48 bits per heavy atom. The monoisotopic (exact) mass is 289 g/mol. The smallest absolute Gasteiger partial charge is 0.0103 e. The predicted octanol–water partition coefficient (Wildman–Crippen LogP) is 5.01. The second-order valence-corrected chi connectivity index (χ2v) is 9.84. The van der Waals surface area contributed by atoms with Gasteiger partial charge in [0, 0.05) is 12.1 Å². The van der Waals surface area contributed by atoms with Gasteiger partial charge in [0.15, 0.2) is 0 Å². The summed E-state index contributed by atoms with van der Waals surface area (Å²) in [6.45, 7) is 7.30. The Balaban J connectivity index is 1.31. The van der Waals surface area contributed by atoms with Crippen molar-refractivity contribution >= 4 is 0 Å². The molecule has 0 saturated heterocycles. The summed E-state index contributed by atoms with van der Waals surface area (Å²) < 4.78 is 0. The van der Waals surface area contributed by atoms with E-state index in [1.807, 2.05) is 0 Å². The van der Waals surface area contributed by atoms with Crippen molar-refractivity contribution in [3.05, 3.63) is 0 Å². The van der Waals surface area contributed by atoms with E-state index in [2.05, 4.69) is 26.1 Å². The average Bonchev–Trinajstić information content (AvgIpc) is 3.10. The van der Waals surface area contributed by atoms with Gasteiger partial charge in [0.25, 0.3) is 0 Å². The molecule has 0 heterocycles. The molecule has 0 radical (unpaired) electrons. The highest BCUT2D eigenvalue weighted by Crippen LogP contribution is 2.58. The Morgan fingerprint density at radius 1 is 0.762 bits per heavy atom. The van der Waals surface area contributed by atoms with Crippen LogP contribution in [0.5, 0.6) is 0 Å². The number of fused-ring (bicyclic) bond motifs is 5. The average molecular weight is 290 g/mol. The van der Waals surface area contributed by atoms with Crippen LogP contribution in [0.1, 0.15) is 78.6 Å². The maximum Gasteiger partial charge on any atom is 0.0103 e. The van der Waals surface area contributed by atoms with Gasteiger partial charge >= 0.3 is 0 Å². The first-order chi connectivity index (χ1) is 10.0. The first kappa shape index (κ1) is 14.5. The van der Waals surface area contributed by atoms with Crippen molar-refractivity contribution in [1.82, 2.24) is 5.32 Å². The molecule has 4 rings (SSSR count). The topological polar surface area (TPSA) is 12.0 Å². The SMILES string of the molecule is CC(C)(C)C1CCC(NC2CC3CC2C2CCCC32)CC1. The van der Waals surface area contributed by atoms with E-state index in [4.69, 9.17) is 0 Å².